The van der Waals surface area contributed by atoms with Crippen LogP contribution in [-0.2, 0) is 0 Å². The van der Waals surface area contributed by atoms with Crippen molar-refractivity contribution in [3.63, 3.8) is 0 Å². The van der Waals surface area contributed by atoms with Crippen LogP contribution in [0, 0.1) is 0 Å². The van der Waals surface area contributed by atoms with Crippen molar-refractivity contribution < 1.29 is 0 Å². The Balaban J connectivity index is 1.91. The van der Waals surface area contributed by atoms with Gasteiger partial charge in [0.2, 0.25) is 0 Å². The summed E-state index contributed by atoms with van der Waals surface area (Å²) in [5.41, 5.74) is 5.58. The summed E-state index contributed by atoms with van der Waals surface area (Å²) < 4.78 is 0. The molecule has 0 saturated carbocycles. The third-order valence-electron chi connectivity index (χ3n) is 1.62. The van der Waals surface area contributed by atoms with Gasteiger partial charge in [0.15, 0.2) is 0 Å². The van der Waals surface area contributed by atoms with Crippen LogP contribution in [0.15, 0.2) is 0 Å². The smallest absolute Gasteiger partial charge is 0.0297 e. The largest absolute Gasteiger partial charge is 0.325 e. The maximum Gasteiger partial charge on any atom is 0.0297 e. The van der Waals surface area contributed by atoms with E-state index in [2.05, 4.69) is 17.5 Å². The topological polar surface area (TPSA) is 29.3 Å². The number of likely N-dealkylation sites (tertiary alicyclic amines) is 1. The van der Waals surface area contributed by atoms with Crippen molar-refractivity contribution in [1.29, 1.82) is 0 Å². The summed E-state index contributed by atoms with van der Waals surface area (Å²) in [5.74, 6) is 0.992. The van der Waals surface area contributed by atoms with E-state index >= 15 is 0 Å². The van der Waals surface area contributed by atoms with E-state index in [1.54, 1.807) is 0 Å². The van der Waals surface area contributed by atoms with E-state index < -0.39 is 0 Å². The first-order chi connectivity index (χ1) is 4.33. The molecular weight excluding hydrogens is 132 g/mol. The Hall–Kier alpha value is 0.270. The zero-order valence-electron chi connectivity index (χ0n) is 5.58. The molecule has 0 aromatic heterocycles. The molecule has 0 aliphatic carbocycles. The molecule has 3 heteroatoms. The van der Waals surface area contributed by atoms with E-state index in [1.165, 1.54) is 13.0 Å². The predicted molar refractivity (Wildman–Crippen MR) is 42.9 cm³/mol. The molecule has 2 N–H and O–H groups in total. The number of nitrogens with zero attached hydrogens (tertiary/aromatic N) is 1. The fourth-order valence-electron chi connectivity index (χ4n) is 1.09. The van der Waals surface area contributed by atoms with Crippen molar-refractivity contribution in [3.05, 3.63) is 0 Å². The van der Waals surface area contributed by atoms with Gasteiger partial charge in [0.05, 0.1) is 0 Å². The summed E-state index contributed by atoms with van der Waals surface area (Å²) in [5, 5.41) is 0. The molecule has 0 atom stereocenters. The lowest BCUT2D eigenvalue weighted by atomic mass is 10.1. The van der Waals surface area contributed by atoms with Crippen LogP contribution < -0.4 is 5.73 Å². The van der Waals surface area contributed by atoms with Crippen molar-refractivity contribution in [2.75, 3.05) is 25.4 Å². The van der Waals surface area contributed by atoms with Crippen LogP contribution in [0.2, 0.25) is 0 Å². The number of rotatable bonds is 3. The lowest BCUT2D eigenvalue weighted by Crippen LogP contribution is -2.55. The lowest BCUT2D eigenvalue weighted by molar-refractivity contribution is 0.152. The molecule has 0 aromatic rings. The first kappa shape index (κ1) is 7.38. The Kier molecular flexibility index (Phi) is 2.82. The summed E-state index contributed by atoms with van der Waals surface area (Å²) in [6, 6.07) is 0.449. The van der Waals surface area contributed by atoms with Crippen molar-refractivity contribution in [2.24, 2.45) is 5.73 Å². The van der Waals surface area contributed by atoms with Gasteiger partial charge >= 0.3 is 0 Å². The number of hydrogen-bond acceptors (Lipinski definition) is 3. The third kappa shape index (κ3) is 2.16. The third-order valence-corrected chi connectivity index (χ3v) is 1.93. The molecule has 0 bridgehead atoms. The van der Waals surface area contributed by atoms with Crippen LogP contribution in [0.3, 0.4) is 0 Å². The van der Waals surface area contributed by atoms with Crippen molar-refractivity contribution >= 4 is 12.6 Å². The zero-order valence-corrected chi connectivity index (χ0v) is 6.48. The fourth-order valence-corrected chi connectivity index (χ4v) is 1.23. The quantitative estimate of drug-likeness (QED) is 0.547. The Bertz CT molecular complexity index is 81.1. The van der Waals surface area contributed by atoms with Crippen LogP contribution in [0.4, 0.5) is 0 Å². The summed E-state index contributed by atoms with van der Waals surface area (Å²) in [4.78, 5) is 2.36. The van der Waals surface area contributed by atoms with Gasteiger partial charge in [-0.25, -0.2) is 0 Å². The number of hydrogen-bond donors (Lipinski definition) is 2. The predicted octanol–water partition coefficient (Wildman–Crippen LogP) is -0.0508. The SMILES string of the molecule is NC1CN(CCCS)C1. The van der Waals surface area contributed by atoms with Gasteiger partial charge in [-0.2, -0.15) is 12.6 Å². The van der Waals surface area contributed by atoms with E-state index in [0.717, 1.165) is 18.8 Å². The normalized spacial score (nSPS) is 22.0. The highest BCUT2D eigenvalue weighted by Crippen LogP contribution is 2.05. The highest BCUT2D eigenvalue weighted by atomic mass is 32.1. The molecule has 1 saturated heterocycles. The second-order valence-corrected chi connectivity index (χ2v) is 3.04. The van der Waals surface area contributed by atoms with Gasteiger partial charge in [0.25, 0.3) is 0 Å². The molecule has 1 aliphatic heterocycles. The molecule has 0 unspecified atom stereocenters. The average Bonchev–Trinajstić information content (AvgIpc) is 1.78. The minimum atomic E-state index is 0.449. The molecule has 0 radical (unpaired) electrons. The Morgan fingerprint density at radius 2 is 2.22 bits per heavy atom. The summed E-state index contributed by atoms with van der Waals surface area (Å²) in [6.45, 7) is 3.36. The summed E-state index contributed by atoms with van der Waals surface area (Å²) in [6.07, 6.45) is 1.19. The summed E-state index contributed by atoms with van der Waals surface area (Å²) >= 11 is 4.12. The van der Waals surface area contributed by atoms with E-state index in [-0.39, 0.29) is 0 Å². The van der Waals surface area contributed by atoms with Gasteiger partial charge in [0, 0.05) is 19.1 Å². The van der Waals surface area contributed by atoms with E-state index in [0.29, 0.717) is 6.04 Å². The molecule has 1 aliphatic rings. The second kappa shape index (κ2) is 3.44. The van der Waals surface area contributed by atoms with Gasteiger partial charge in [-0.1, -0.05) is 0 Å². The van der Waals surface area contributed by atoms with Crippen molar-refractivity contribution in [3.8, 4) is 0 Å². The highest BCUT2D eigenvalue weighted by molar-refractivity contribution is 7.80. The maximum absolute atomic E-state index is 5.58. The fraction of sp³-hybridized carbons (Fsp3) is 1.00. The van der Waals surface area contributed by atoms with Gasteiger partial charge in [-0.15, -0.1) is 0 Å². The van der Waals surface area contributed by atoms with Crippen LogP contribution in [0.1, 0.15) is 6.42 Å². The number of nitrogens with two attached hydrogens (primary N) is 1. The maximum atomic E-state index is 5.58. The number of thiol groups is 1. The van der Waals surface area contributed by atoms with Gasteiger partial charge in [0.1, 0.15) is 0 Å². The van der Waals surface area contributed by atoms with Crippen LogP contribution in [0.25, 0.3) is 0 Å². The monoisotopic (exact) mass is 146 g/mol. The molecule has 0 spiro atoms. The average molecular weight is 146 g/mol. The molecule has 1 fully saturated rings. The first-order valence-electron chi connectivity index (χ1n) is 3.41. The molecule has 1 rings (SSSR count). The van der Waals surface area contributed by atoms with E-state index in [9.17, 15) is 0 Å². The molecular formula is C6H14N2S. The molecule has 1 heterocycles. The van der Waals surface area contributed by atoms with Crippen LogP contribution >= 0.6 is 12.6 Å². The lowest BCUT2D eigenvalue weighted by Gasteiger charge is -2.36. The molecule has 0 aromatic carbocycles. The first-order valence-corrected chi connectivity index (χ1v) is 4.05. The van der Waals surface area contributed by atoms with Gasteiger partial charge < -0.3 is 10.6 Å². The standard InChI is InChI=1S/C6H14N2S/c7-6-4-8(5-6)2-1-3-9/h6,9H,1-5,7H2. The van der Waals surface area contributed by atoms with Crippen molar-refractivity contribution in [1.82, 2.24) is 4.90 Å². The molecule has 54 valence electrons. The second-order valence-electron chi connectivity index (χ2n) is 2.60. The minimum absolute atomic E-state index is 0.449. The Morgan fingerprint density at radius 3 is 2.67 bits per heavy atom. The molecule has 9 heavy (non-hydrogen) atoms. The highest BCUT2D eigenvalue weighted by Gasteiger charge is 2.21. The Morgan fingerprint density at radius 1 is 1.56 bits per heavy atom. The van der Waals surface area contributed by atoms with Gasteiger partial charge in [-0.05, 0) is 18.7 Å². The van der Waals surface area contributed by atoms with Crippen LogP contribution in [-0.4, -0.2) is 36.3 Å². The zero-order chi connectivity index (χ0) is 6.69. The Labute approximate surface area is 61.8 Å². The minimum Gasteiger partial charge on any atom is -0.325 e. The van der Waals surface area contributed by atoms with E-state index in [1.807, 2.05) is 0 Å². The van der Waals surface area contributed by atoms with Gasteiger partial charge in [-0.3, -0.25) is 0 Å². The van der Waals surface area contributed by atoms with Crippen LogP contribution in [0.5, 0.6) is 0 Å². The van der Waals surface area contributed by atoms with Crippen molar-refractivity contribution in [2.45, 2.75) is 12.5 Å². The van der Waals surface area contributed by atoms with E-state index in [4.69, 9.17) is 5.73 Å². The summed E-state index contributed by atoms with van der Waals surface area (Å²) in [7, 11) is 0. The molecule has 0 amide bonds. The molecule has 2 nitrogen and oxygen atoms in total.